The number of fused-ring (bicyclic) bond motifs is 2. The van der Waals surface area contributed by atoms with E-state index >= 15 is 0 Å². The van der Waals surface area contributed by atoms with Gasteiger partial charge in [0.2, 0.25) is 5.91 Å². The lowest BCUT2D eigenvalue weighted by Crippen LogP contribution is -2.39. The van der Waals surface area contributed by atoms with Gasteiger partial charge in [-0.15, -0.1) is 0 Å². The summed E-state index contributed by atoms with van der Waals surface area (Å²) >= 11 is 6.97. The standard InChI is InChI=1S/C20H22Br2N4O2/c1-3-8-25(9-4-2)12-18(27)26-17-11-15(22)14(21)10-16(17)24-20(28)13-6-5-7-23-19(13)26/h5-7,10-11H,3-4,8-9,12H2,1-2H3,(H,24,28). The second-order valence-electron chi connectivity index (χ2n) is 6.62. The summed E-state index contributed by atoms with van der Waals surface area (Å²) in [5.41, 5.74) is 1.53. The molecule has 2 aromatic rings. The zero-order valence-corrected chi connectivity index (χ0v) is 19.0. The van der Waals surface area contributed by atoms with Gasteiger partial charge in [-0.25, -0.2) is 4.98 Å². The Morgan fingerprint density at radius 2 is 1.86 bits per heavy atom. The van der Waals surface area contributed by atoms with Gasteiger partial charge in [0.05, 0.1) is 23.5 Å². The molecule has 0 saturated carbocycles. The van der Waals surface area contributed by atoms with Crippen LogP contribution >= 0.6 is 31.9 Å². The molecule has 6 nitrogen and oxygen atoms in total. The predicted octanol–water partition coefficient (Wildman–Crippen LogP) is 4.96. The highest BCUT2D eigenvalue weighted by molar-refractivity contribution is 9.13. The molecule has 1 aromatic carbocycles. The van der Waals surface area contributed by atoms with Gasteiger partial charge in [0.25, 0.3) is 5.91 Å². The summed E-state index contributed by atoms with van der Waals surface area (Å²) in [7, 11) is 0. The highest BCUT2D eigenvalue weighted by Gasteiger charge is 2.31. The minimum atomic E-state index is -0.284. The summed E-state index contributed by atoms with van der Waals surface area (Å²) in [5, 5.41) is 2.90. The highest BCUT2D eigenvalue weighted by atomic mass is 79.9. The molecule has 148 valence electrons. The van der Waals surface area contributed by atoms with Crippen LogP contribution in [0.15, 0.2) is 39.4 Å². The van der Waals surface area contributed by atoms with Crippen molar-refractivity contribution in [2.75, 3.05) is 29.9 Å². The average molecular weight is 510 g/mol. The van der Waals surface area contributed by atoms with Crippen molar-refractivity contribution in [2.24, 2.45) is 0 Å². The van der Waals surface area contributed by atoms with Gasteiger partial charge in [-0.3, -0.25) is 19.4 Å². The number of aromatic nitrogens is 1. The van der Waals surface area contributed by atoms with Gasteiger partial charge in [-0.2, -0.15) is 0 Å². The minimum absolute atomic E-state index is 0.117. The van der Waals surface area contributed by atoms with Gasteiger partial charge in [0.15, 0.2) is 5.82 Å². The molecule has 0 bridgehead atoms. The number of carbonyl (C=O) groups is 2. The molecule has 0 fully saturated rings. The Kier molecular flexibility index (Phi) is 6.85. The first-order chi connectivity index (χ1) is 13.5. The number of pyridine rings is 1. The Bertz CT molecular complexity index is 898. The molecule has 1 aromatic heterocycles. The SMILES string of the molecule is CCCN(CCC)CC(=O)N1c2cc(Br)c(Br)cc2NC(=O)c2cccnc21. The summed E-state index contributed by atoms with van der Waals surface area (Å²) in [6.07, 6.45) is 3.54. The monoisotopic (exact) mass is 508 g/mol. The van der Waals surface area contributed by atoms with Gasteiger partial charge in [0, 0.05) is 15.1 Å². The number of hydrogen-bond acceptors (Lipinski definition) is 4. The van der Waals surface area contributed by atoms with E-state index in [4.69, 9.17) is 0 Å². The first kappa shape index (κ1) is 21.0. The van der Waals surface area contributed by atoms with Gasteiger partial charge in [0.1, 0.15) is 0 Å². The lowest BCUT2D eigenvalue weighted by atomic mass is 10.2. The predicted molar refractivity (Wildman–Crippen MR) is 118 cm³/mol. The maximum absolute atomic E-state index is 13.4. The van der Waals surface area contributed by atoms with Crippen LogP contribution in [0.3, 0.4) is 0 Å². The maximum atomic E-state index is 13.4. The molecular formula is C20H22Br2N4O2. The third-order valence-electron chi connectivity index (χ3n) is 4.46. The quantitative estimate of drug-likeness (QED) is 0.597. The van der Waals surface area contributed by atoms with E-state index in [0.29, 0.717) is 22.8 Å². The molecule has 3 rings (SSSR count). The Hall–Kier alpha value is -1.77. The fraction of sp³-hybridized carbons (Fsp3) is 0.350. The zero-order valence-electron chi connectivity index (χ0n) is 15.8. The Morgan fingerprint density at radius 1 is 1.18 bits per heavy atom. The third-order valence-corrected chi connectivity index (χ3v) is 6.30. The number of benzene rings is 1. The molecule has 0 atom stereocenters. The largest absolute Gasteiger partial charge is 0.320 e. The average Bonchev–Trinajstić information content (AvgIpc) is 2.77. The van der Waals surface area contributed by atoms with Crippen molar-refractivity contribution >= 4 is 60.9 Å². The third kappa shape index (κ3) is 4.29. The van der Waals surface area contributed by atoms with Crippen LogP contribution < -0.4 is 10.2 Å². The highest BCUT2D eigenvalue weighted by Crippen LogP contribution is 2.41. The number of carbonyl (C=O) groups excluding carboxylic acids is 2. The zero-order chi connectivity index (χ0) is 20.3. The van der Waals surface area contributed by atoms with Gasteiger partial charge >= 0.3 is 0 Å². The van der Waals surface area contributed by atoms with Crippen molar-refractivity contribution in [3.05, 3.63) is 45.0 Å². The normalized spacial score (nSPS) is 13.0. The van der Waals surface area contributed by atoms with Crippen LogP contribution in [-0.4, -0.2) is 41.3 Å². The van der Waals surface area contributed by atoms with Crippen LogP contribution in [0.4, 0.5) is 17.2 Å². The molecule has 0 spiro atoms. The second-order valence-corrected chi connectivity index (χ2v) is 8.33. The van der Waals surface area contributed by atoms with E-state index < -0.39 is 0 Å². The van der Waals surface area contributed by atoms with Crippen LogP contribution in [0.2, 0.25) is 0 Å². The number of anilines is 3. The Balaban J connectivity index is 2.10. The topological polar surface area (TPSA) is 65.5 Å². The van der Waals surface area contributed by atoms with Gasteiger partial charge in [-0.05, 0) is 82.1 Å². The van der Waals surface area contributed by atoms with E-state index in [0.717, 1.165) is 34.9 Å². The number of halogens is 2. The fourth-order valence-electron chi connectivity index (χ4n) is 3.29. The smallest absolute Gasteiger partial charge is 0.259 e. The summed E-state index contributed by atoms with van der Waals surface area (Å²) in [5.74, 6) is -0.0485. The molecule has 8 heteroatoms. The first-order valence-electron chi connectivity index (χ1n) is 9.27. The molecule has 2 amide bonds. The summed E-state index contributed by atoms with van der Waals surface area (Å²) in [4.78, 5) is 34.2. The lowest BCUT2D eigenvalue weighted by molar-refractivity contribution is -0.119. The van der Waals surface area contributed by atoms with Gasteiger partial charge < -0.3 is 5.32 Å². The number of amides is 2. The van der Waals surface area contributed by atoms with Crippen LogP contribution in [0.5, 0.6) is 0 Å². The molecule has 1 N–H and O–H groups in total. The van der Waals surface area contributed by atoms with Crippen molar-refractivity contribution in [3.8, 4) is 0 Å². The van der Waals surface area contributed by atoms with Crippen molar-refractivity contribution < 1.29 is 9.59 Å². The number of hydrogen-bond donors (Lipinski definition) is 1. The van der Waals surface area contributed by atoms with Gasteiger partial charge in [-0.1, -0.05) is 13.8 Å². The number of rotatable bonds is 6. The molecular weight excluding hydrogens is 488 g/mol. The van der Waals surface area contributed by atoms with E-state index in [-0.39, 0.29) is 18.4 Å². The van der Waals surface area contributed by atoms with Crippen LogP contribution in [0, 0.1) is 0 Å². The van der Waals surface area contributed by atoms with E-state index in [9.17, 15) is 9.59 Å². The molecule has 0 unspecified atom stereocenters. The molecule has 2 heterocycles. The Labute approximate surface area is 181 Å². The van der Waals surface area contributed by atoms with E-state index in [1.165, 1.54) is 0 Å². The summed E-state index contributed by atoms with van der Waals surface area (Å²) in [6, 6.07) is 7.00. The van der Waals surface area contributed by atoms with Crippen LogP contribution in [-0.2, 0) is 4.79 Å². The van der Waals surface area contributed by atoms with Crippen molar-refractivity contribution in [2.45, 2.75) is 26.7 Å². The first-order valence-corrected chi connectivity index (χ1v) is 10.9. The fourth-order valence-corrected chi connectivity index (χ4v) is 3.97. The van der Waals surface area contributed by atoms with Crippen LogP contribution in [0.25, 0.3) is 0 Å². The molecule has 1 aliphatic rings. The summed E-state index contributed by atoms with van der Waals surface area (Å²) in [6.45, 7) is 6.15. The molecule has 0 saturated heterocycles. The van der Waals surface area contributed by atoms with E-state index in [2.05, 4.69) is 60.9 Å². The van der Waals surface area contributed by atoms with Crippen molar-refractivity contribution in [1.29, 1.82) is 0 Å². The number of nitrogens with zero attached hydrogens (tertiary/aromatic N) is 3. The second kappa shape index (κ2) is 9.15. The van der Waals surface area contributed by atoms with Crippen molar-refractivity contribution in [1.82, 2.24) is 9.88 Å². The Morgan fingerprint density at radius 3 is 2.54 bits per heavy atom. The lowest BCUT2D eigenvalue weighted by Gasteiger charge is -2.27. The van der Waals surface area contributed by atoms with Crippen molar-refractivity contribution in [3.63, 3.8) is 0 Å². The van der Waals surface area contributed by atoms with Crippen LogP contribution in [0.1, 0.15) is 37.0 Å². The molecule has 0 radical (unpaired) electrons. The molecule has 28 heavy (non-hydrogen) atoms. The van der Waals surface area contributed by atoms with E-state index in [1.54, 1.807) is 29.3 Å². The van der Waals surface area contributed by atoms with E-state index in [1.807, 2.05) is 6.07 Å². The minimum Gasteiger partial charge on any atom is -0.320 e. The summed E-state index contributed by atoms with van der Waals surface area (Å²) < 4.78 is 1.58. The number of nitrogens with one attached hydrogen (secondary N) is 1. The molecule has 1 aliphatic heterocycles. The molecule has 0 aliphatic carbocycles. The maximum Gasteiger partial charge on any atom is 0.259 e.